The average Bonchev–Trinajstić information content (AvgIpc) is 3.05. The van der Waals surface area contributed by atoms with Crippen LogP contribution in [0.3, 0.4) is 0 Å². The van der Waals surface area contributed by atoms with Gasteiger partial charge >= 0.3 is 0 Å². The smallest absolute Gasteiger partial charge is 0.228 e. The van der Waals surface area contributed by atoms with Gasteiger partial charge in [0, 0.05) is 12.6 Å². The number of nitrogens with one attached hydrogen (secondary N) is 1. The predicted octanol–water partition coefficient (Wildman–Crippen LogP) is 2.04. The maximum Gasteiger partial charge on any atom is 0.228 e. The van der Waals surface area contributed by atoms with Gasteiger partial charge in [-0.15, -0.1) is 0 Å². The topological polar surface area (TPSA) is 41.6 Å². The number of piperidine rings is 1. The second kappa shape index (κ2) is 6.25. The fourth-order valence-corrected chi connectivity index (χ4v) is 4.67. The second-order valence-corrected chi connectivity index (χ2v) is 7.26. The fourth-order valence-electron chi connectivity index (χ4n) is 4.67. The molecule has 3 fully saturated rings. The van der Waals surface area contributed by atoms with Crippen molar-refractivity contribution >= 4 is 5.91 Å². The Labute approximate surface area is 128 Å². The van der Waals surface area contributed by atoms with E-state index in [4.69, 9.17) is 4.74 Å². The van der Waals surface area contributed by atoms with E-state index in [1.54, 1.807) is 0 Å². The van der Waals surface area contributed by atoms with Gasteiger partial charge in [-0.3, -0.25) is 4.79 Å². The number of rotatable bonds is 2. The normalized spacial score (nSPS) is 41.7. The number of likely N-dealkylation sites (tertiary alicyclic amines) is 1. The monoisotopic (exact) mass is 294 g/mol. The molecular weight excluding hydrogens is 264 g/mol. The first kappa shape index (κ1) is 15.3. The summed E-state index contributed by atoms with van der Waals surface area (Å²) in [7, 11) is 0. The van der Waals surface area contributed by atoms with Crippen molar-refractivity contribution in [2.45, 2.75) is 64.7 Å². The zero-order valence-electron chi connectivity index (χ0n) is 13.7. The Bertz CT molecular complexity index is 381. The zero-order chi connectivity index (χ0) is 15.0. The van der Waals surface area contributed by atoms with Crippen LogP contribution in [0.25, 0.3) is 0 Å². The van der Waals surface area contributed by atoms with E-state index >= 15 is 0 Å². The maximum atomic E-state index is 13.1. The first-order chi connectivity index (χ1) is 10.1. The Balaban J connectivity index is 1.71. The van der Waals surface area contributed by atoms with Gasteiger partial charge in [-0.1, -0.05) is 6.92 Å². The van der Waals surface area contributed by atoms with Crippen molar-refractivity contribution in [3.8, 4) is 0 Å². The van der Waals surface area contributed by atoms with Crippen LogP contribution in [0.4, 0.5) is 0 Å². The lowest BCUT2D eigenvalue weighted by molar-refractivity contribution is -0.140. The molecule has 0 bridgehead atoms. The lowest BCUT2D eigenvalue weighted by atomic mass is 9.85. The standard InChI is InChI=1S/C17H30N2O2/c1-11-12(2)21-13(3)16(11)17(20)19-10-4-5-15(19)14-6-8-18-9-7-14/h11-16,18H,4-10H2,1-3H3. The molecule has 4 nitrogen and oxygen atoms in total. The molecule has 0 aromatic carbocycles. The van der Waals surface area contributed by atoms with Crippen molar-refractivity contribution in [2.24, 2.45) is 17.8 Å². The van der Waals surface area contributed by atoms with Crippen LogP contribution in [-0.4, -0.2) is 48.7 Å². The fraction of sp³-hybridized carbons (Fsp3) is 0.941. The van der Waals surface area contributed by atoms with Gasteiger partial charge < -0.3 is 15.0 Å². The molecule has 0 radical (unpaired) electrons. The van der Waals surface area contributed by atoms with Crippen LogP contribution in [0.1, 0.15) is 46.5 Å². The summed E-state index contributed by atoms with van der Waals surface area (Å²) in [6.07, 6.45) is 5.08. The van der Waals surface area contributed by atoms with E-state index in [1.807, 2.05) is 0 Å². The highest BCUT2D eigenvalue weighted by Crippen LogP contribution is 2.37. The van der Waals surface area contributed by atoms with Gasteiger partial charge in [-0.25, -0.2) is 0 Å². The number of hydrogen-bond donors (Lipinski definition) is 1. The van der Waals surface area contributed by atoms with Crippen molar-refractivity contribution in [2.75, 3.05) is 19.6 Å². The summed E-state index contributed by atoms with van der Waals surface area (Å²) in [6.45, 7) is 9.52. The molecule has 1 amide bonds. The van der Waals surface area contributed by atoms with E-state index in [2.05, 4.69) is 31.0 Å². The average molecular weight is 294 g/mol. The molecule has 1 N–H and O–H groups in total. The van der Waals surface area contributed by atoms with E-state index in [0.29, 0.717) is 23.8 Å². The van der Waals surface area contributed by atoms with Gasteiger partial charge in [0.2, 0.25) is 5.91 Å². The van der Waals surface area contributed by atoms with Gasteiger partial charge in [0.05, 0.1) is 18.1 Å². The molecule has 3 rings (SSSR count). The molecule has 3 saturated heterocycles. The second-order valence-electron chi connectivity index (χ2n) is 7.26. The summed E-state index contributed by atoms with van der Waals surface area (Å²) in [4.78, 5) is 15.3. The minimum Gasteiger partial charge on any atom is -0.374 e. The molecule has 3 heterocycles. The minimum atomic E-state index is 0.0577. The summed E-state index contributed by atoms with van der Waals surface area (Å²) < 4.78 is 5.89. The molecule has 0 aliphatic carbocycles. The molecule has 0 spiro atoms. The molecule has 3 aliphatic rings. The number of ether oxygens (including phenoxy) is 1. The summed E-state index contributed by atoms with van der Waals surface area (Å²) in [5, 5.41) is 3.43. The number of carbonyl (C=O) groups is 1. The maximum absolute atomic E-state index is 13.1. The van der Waals surface area contributed by atoms with Crippen LogP contribution in [0.5, 0.6) is 0 Å². The van der Waals surface area contributed by atoms with E-state index in [0.717, 1.165) is 19.6 Å². The zero-order valence-corrected chi connectivity index (χ0v) is 13.7. The molecule has 0 aromatic rings. The van der Waals surface area contributed by atoms with Gasteiger partial charge in [0.15, 0.2) is 0 Å². The number of nitrogens with zero attached hydrogens (tertiary/aromatic N) is 1. The summed E-state index contributed by atoms with van der Waals surface area (Å²) >= 11 is 0. The number of amides is 1. The quantitative estimate of drug-likeness (QED) is 0.847. The number of hydrogen-bond acceptors (Lipinski definition) is 3. The molecule has 120 valence electrons. The Morgan fingerprint density at radius 1 is 1.10 bits per heavy atom. The van der Waals surface area contributed by atoms with E-state index in [-0.39, 0.29) is 18.1 Å². The highest BCUT2D eigenvalue weighted by atomic mass is 16.5. The van der Waals surface area contributed by atoms with Crippen molar-refractivity contribution in [1.82, 2.24) is 10.2 Å². The third-order valence-corrected chi connectivity index (χ3v) is 6.04. The summed E-state index contributed by atoms with van der Waals surface area (Å²) in [5.41, 5.74) is 0. The van der Waals surface area contributed by atoms with E-state index in [1.165, 1.54) is 25.7 Å². The third-order valence-electron chi connectivity index (χ3n) is 6.04. The van der Waals surface area contributed by atoms with E-state index < -0.39 is 0 Å². The van der Waals surface area contributed by atoms with Crippen LogP contribution >= 0.6 is 0 Å². The molecule has 0 aromatic heterocycles. The van der Waals surface area contributed by atoms with Crippen LogP contribution < -0.4 is 5.32 Å². The molecule has 3 aliphatic heterocycles. The highest BCUT2D eigenvalue weighted by Gasteiger charge is 2.46. The van der Waals surface area contributed by atoms with Gasteiger partial charge in [0.1, 0.15) is 0 Å². The molecule has 0 saturated carbocycles. The first-order valence-corrected chi connectivity index (χ1v) is 8.76. The minimum absolute atomic E-state index is 0.0577. The Morgan fingerprint density at radius 3 is 2.43 bits per heavy atom. The third kappa shape index (κ3) is 2.85. The highest BCUT2D eigenvalue weighted by molar-refractivity contribution is 5.80. The molecule has 5 unspecified atom stereocenters. The summed E-state index contributed by atoms with van der Waals surface area (Å²) in [5.74, 6) is 1.45. The van der Waals surface area contributed by atoms with Crippen molar-refractivity contribution in [1.29, 1.82) is 0 Å². The first-order valence-electron chi connectivity index (χ1n) is 8.76. The Kier molecular flexibility index (Phi) is 4.55. The number of carbonyl (C=O) groups excluding carboxylic acids is 1. The molecular formula is C17H30N2O2. The van der Waals surface area contributed by atoms with Crippen LogP contribution in [0.15, 0.2) is 0 Å². The van der Waals surface area contributed by atoms with Gasteiger partial charge in [0.25, 0.3) is 0 Å². The van der Waals surface area contributed by atoms with Crippen molar-refractivity contribution < 1.29 is 9.53 Å². The van der Waals surface area contributed by atoms with E-state index in [9.17, 15) is 4.79 Å². The Hall–Kier alpha value is -0.610. The van der Waals surface area contributed by atoms with Gasteiger partial charge in [-0.05, 0) is 64.5 Å². The van der Waals surface area contributed by atoms with Gasteiger partial charge in [-0.2, -0.15) is 0 Å². The lowest BCUT2D eigenvalue weighted by Crippen LogP contribution is -2.48. The molecule has 5 atom stereocenters. The van der Waals surface area contributed by atoms with Crippen LogP contribution in [0, 0.1) is 17.8 Å². The molecule has 4 heteroatoms. The van der Waals surface area contributed by atoms with Crippen molar-refractivity contribution in [3.63, 3.8) is 0 Å². The largest absolute Gasteiger partial charge is 0.374 e. The predicted molar refractivity (Wildman–Crippen MR) is 83.0 cm³/mol. The molecule has 21 heavy (non-hydrogen) atoms. The van der Waals surface area contributed by atoms with Crippen LogP contribution in [0.2, 0.25) is 0 Å². The van der Waals surface area contributed by atoms with Crippen LogP contribution in [-0.2, 0) is 9.53 Å². The Morgan fingerprint density at radius 2 is 1.81 bits per heavy atom. The van der Waals surface area contributed by atoms with Crippen molar-refractivity contribution in [3.05, 3.63) is 0 Å². The lowest BCUT2D eigenvalue weighted by Gasteiger charge is -2.36. The SMILES string of the molecule is CC1OC(C)C(C(=O)N2CCCC2C2CCNCC2)C1C. The summed E-state index contributed by atoms with van der Waals surface area (Å²) in [6, 6.07) is 0.481.